The molecule has 6 heteroatoms. The summed E-state index contributed by atoms with van der Waals surface area (Å²) in [6.07, 6.45) is 0. The first-order valence-electron chi connectivity index (χ1n) is 11.0. The number of nitrogens with one attached hydrogen (secondary N) is 1. The van der Waals surface area contributed by atoms with Crippen molar-refractivity contribution in [3.63, 3.8) is 0 Å². The number of rotatable bonds is 5. The van der Waals surface area contributed by atoms with Crippen LogP contribution in [0.2, 0.25) is 0 Å². The fourth-order valence-electron chi connectivity index (χ4n) is 4.15. The minimum absolute atomic E-state index is 0.0401. The van der Waals surface area contributed by atoms with Crippen molar-refractivity contribution in [2.24, 2.45) is 0 Å². The average molecular weight is 457 g/mol. The molecule has 1 saturated heterocycles. The molecule has 0 atom stereocenters. The summed E-state index contributed by atoms with van der Waals surface area (Å²) in [7, 11) is 0. The van der Waals surface area contributed by atoms with Crippen LogP contribution in [0.1, 0.15) is 26.7 Å². The SMILES string of the molecule is O=C(Nc1ccc2sc(C(=O)N3CCOCC3)cc2c1)C(c1ccccc1)c1ccccc1. The van der Waals surface area contributed by atoms with Gasteiger partial charge in [0.2, 0.25) is 5.91 Å². The molecule has 3 aromatic carbocycles. The lowest BCUT2D eigenvalue weighted by molar-refractivity contribution is -0.116. The van der Waals surface area contributed by atoms with Crippen molar-refractivity contribution in [1.29, 1.82) is 0 Å². The van der Waals surface area contributed by atoms with Crippen LogP contribution in [0, 0.1) is 0 Å². The van der Waals surface area contributed by atoms with Gasteiger partial charge in [-0.2, -0.15) is 0 Å². The lowest BCUT2D eigenvalue weighted by atomic mass is 9.90. The van der Waals surface area contributed by atoms with Crippen LogP contribution in [0.5, 0.6) is 0 Å². The number of benzene rings is 3. The van der Waals surface area contributed by atoms with E-state index in [1.165, 1.54) is 11.3 Å². The molecule has 0 aliphatic carbocycles. The summed E-state index contributed by atoms with van der Waals surface area (Å²) < 4.78 is 6.37. The van der Waals surface area contributed by atoms with Crippen LogP contribution < -0.4 is 5.32 Å². The lowest BCUT2D eigenvalue weighted by Crippen LogP contribution is -2.40. The maximum absolute atomic E-state index is 13.4. The molecule has 1 aliphatic heterocycles. The van der Waals surface area contributed by atoms with E-state index in [2.05, 4.69) is 5.32 Å². The molecule has 2 amide bonds. The molecule has 0 bridgehead atoms. The first kappa shape index (κ1) is 21.4. The highest BCUT2D eigenvalue weighted by Gasteiger charge is 2.23. The smallest absolute Gasteiger partial charge is 0.264 e. The standard InChI is InChI=1S/C27H24N2O3S/c30-26(25(19-7-3-1-4-8-19)20-9-5-2-6-10-20)28-22-11-12-23-21(17-22)18-24(33-23)27(31)29-13-15-32-16-14-29/h1-12,17-18,25H,13-16H2,(H,28,30). The van der Waals surface area contributed by atoms with Crippen molar-refractivity contribution in [2.45, 2.75) is 5.92 Å². The van der Waals surface area contributed by atoms with Crippen molar-refractivity contribution in [2.75, 3.05) is 31.6 Å². The van der Waals surface area contributed by atoms with E-state index in [0.29, 0.717) is 36.9 Å². The van der Waals surface area contributed by atoms with Gasteiger partial charge in [-0.3, -0.25) is 9.59 Å². The van der Waals surface area contributed by atoms with E-state index in [1.807, 2.05) is 89.8 Å². The summed E-state index contributed by atoms with van der Waals surface area (Å²) in [6.45, 7) is 2.40. The van der Waals surface area contributed by atoms with Crippen LogP contribution in [0.4, 0.5) is 5.69 Å². The largest absolute Gasteiger partial charge is 0.378 e. The molecule has 1 aromatic heterocycles. The Morgan fingerprint density at radius 2 is 1.48 bits per heavy atom. The molecule has 0 saturated carbocycles. The quantitative estimate of drug-likeness (QED) is 0.452. The van der Waals surface area contributed by atoms with Crippen molar-refractivity contribution in [3.8, 4) is 0 Å². The Bertz CT molecular complexity index is 1230. The van der Waals surface area contributed by atoms with Gasteiger partial charge >= 0.3 is 0 Å². The Labute approximate surface area is 196 Å². The summed E-state index contributed by atoms with van der Waals surface area (Å²) in [6, 6.07) is 27.3. The Kier molecular flexibility index (Phi) is 6.19. The zero-order chi connectivity index (χ0) is 22.6. The molecule has 4 aromatic rings. The Morgan fingerprint density at radius 1 is 0.848 bits per heavy atom. The number of hydrogen-bond donors (Lipinski definition) is 1. The number of nitrogens with zero attached hydrogens (tertiary/aromatic N) is 1. The maximum Gasteiger partial charge on any atom is 0.264 e. The zero-order valence-electron chi connectivity index (χ0n) is 18.1. The van der Waals surface area contributed by atoms with Gasteiger partial charge in [0.1, 0.15) is 0 Å². The van der Waals surface area contributed by atoms with Gasteiger partial charge in [-0.1, -0.05) is 60.7 Å². The molecule has 0 spiro atoms. The normalized spacial score (nSPS) is 13.9. The monoisotopic (exact) mass is 456 g/mol. The second kappa shape index (κ2) is 9.57. The zero-order valence-corrected chi connectivity index (χ0v) is 18.9. The van der Waals surface area contributed by atoms with Crippen LogP contribution in [0.3, 0.4) is 0 Å². The van der Waals surface area contributed by atoms with Gasteiger partial charge in [0.25, 0.3) is 5.91 Å². The number of carbonyl (C=O) groups is 2. The first-order chi connectivity index (χ1) is 16.2. The molecule has 1 N–H and O–H groups in total. The number of morpholine rings is 1. The van der Waals surface area contributed by atoms with E-state index in [4.69, 9.17) is 4.74 Å². The van der Waals surface area contributed by atoms with Crippen LogP contribution in [-0.2, 0) is 9.53 Å². The topological polar surface area (TPSA) is 58.6 Å². The lowest BCUT2D eigenvalue weighted by Gasteiger charge is -2.26. The summed E-state index contributed by atoms with van der Waals surface area (Å²) in [5.41, 5.74) is 2.60. The average Bonchev–Trinajstić information content (AvgIpc) is 3.29. The van der Waals surface area contributed by atoms with Gasteiger partial charge in [0.15, 0.2) is 0 Å². The molecule has 0 unspecified atom stereocenters. The van der Waals surface area contributed by atoms with Gasteiger partial charge in [-0.15, -0.1) is 11.3 Å². The molecule has 0 radical (unpaired) electrons. The highest BCUT2D eigenvalue weighted by Crippen LogP contribution is 2.31. The molecule has 5 rings (SSSR count). The predicted molar refractivity (Wildman–Crippen MR) is 132 cm³/mol. The molecule has 2 heterocycles. The van der Waals surface area contributed by atoms with Gasteiger partial charge in [0, 0.05) is 23.5 Å². The molecular weight excluding hydrogens is 432 g/mol. The van der Waals surface area contributed by atoms with E-state index < -0.39 is 5.92 Å². The van der Waals surface area contributed by atoms with E-state index in [9.17, 15) is 9.59 Å². The molecular formula is C27H24N2O3S. The van der Waals surface area contributed by atoms with Crippen molar-refractivity contribution in [3.05, 3.63) is 101 Å². The number of amides is 2. The molecule has 5 nitrogen and oxygen atoms in total. The molecule has 166 valence electrons. The van der Waals surface area contributed by atoms with E-state index in [-0.39, 0.29) is 11.8 Å². The van der Waals surface area contributed by atoms with E-state index >= 15 is 0 Å². The van der Waals surface area contributed by atoms with Crippen molar-refractivity contribution in [1.82, 2.24) is 4.90 Å². The highest BCUT2D eigenvalue weighted by atomic mass is 32.1. The van der Waals surface area contributed by atoms with Gasteiger partial charge in [-0.05, 0) is 40.8 Å². The minimum atomic E-state index is -0.413. The number of hydrogen-bond acceptors (Lipinski definition) is 4. The fourth-order valence-corrected chi connectivity index (χ4v) is 5.16. The summed E-state index contributed by atoms with van der Waals surface area (Å²) >= 11 is 1.48. The molecule has 33 heavy (non-hydrogen) atoms. The number of ether oxygens (including phenoxy) is 1. The second-order valence-electron chi connectivity index (χ2n) is 8.01. The predicted octanol–water partition coefficient (Wildman–Crippen LogP) is 5.14. The van der Waals surface area contributed by atoms with Crippen molar-refractivity contribution < 1.29 is 14.3 Å². The summed E-state index contributed by atoms with van der Waals surface area (Å²) in [5.74, 6) is -0.464. The van der Waals surface area contributed by atoms with Crippen LogP contribution in [0.15, 0.2) is 84.9 Å². The Hall–Kier alpha value is -3.48. The number of carbonyl (C=O) groups excluding carboxylic acids is 2. The molecule has 1 aliphatic rings. The second-order valence-corrected chi connectivity index (χ2v) is 9.10. The number of fused-ring (bicyclic) bond motifs is 1. The van der Waals surface area contributed by atoms with Crippen LogP contribution in [-0.4, -0.2) is 43.0 Å². The highest BCUT2D eigenvalue weighted by molar-refractivity contribution is 7.20. The third-order valence-electron chi connectivity index (χ3n) is 5.82. The first-order valence-corrected chi connectivity index (χ1v) is 11.8. The van der Waals surface area contributed by atoms with E-state index in [1.54, 1.807) is 0 Å². The third kappa shape index (κ3) is 4.67. The van der Waals surface area contributed by atoms with Gasteiger partial charge in [0.05, 0.1) is 24.0 Å². The molecule has 1 fully saturated rings. The van der Waals surface area contributed by atoms with Crippen LogP contribution in [0.25, 0.3) is 10.1 Å². The third-order valence-corrected chi connectivity index (χ3v) is 6.93. The summed E-state index contributed by atoms with van der Waals surface area (Å²) in [5, 5.41) is 4.04. The Balaban J connectivity index is 1.39. The van der Waals surface area contributed by atoms with E-state index in [0.717, 1.165) is 21.2 Å². The maximum atomic E-state index is 13.4. The van der Waals surface area contributed by atoms with Gasteiger partial charge < -0.3 is 15.0 Å². The van der Waals surface area contributed by atoms with Crippen molar-refractivity contribution >= 4 is 38.9 Å². The number of thiophene rings is 1. The number of anilines is 1. The Morgan fingerprint density at radius 3 is 2.12 bits per heavy atom. The fraction of sp³-hybridized carbons (Fsp3) is 0.185. The summed E-state index contributed by atoms with van der Waals surface area (Å²) in [4.78, 5) is 28.8. The van der Waals surface area contributed by atoms with Gasteiger partial charge in [-0.25, -0.2) is 0 Å². The van der Waals surface area contributed by atoms with Crippen LogP contribution >= 0.6 is 11.3 Å². The minimum Gasteiger partial charge on any atom is -0.378 e.